The molecular formula is C16H19F3N2O2. The Hall–Kier alpha value is -1.60. The van der Waals surface area contributed by atoms with Gasteiger partial charge in [0, 0.05) is 19.2 Å². The molecule has 1 aromatic carbocycles. The zero-order valence-corrected chi connectivity index (χ0v) is 12.6. The lowest BCUT2D eigenvalue weighted by molar-refractivity contribution is -0.158. The molecule has 3 unspecified atom stereocenters. The molecule has 3 atom stereocenters. The number of ether oxygens (including phenoxy) is 1. The summed E-state index contributed by atoms with van der Waals surface area (Å²) in [5, 5.41) is 3.21. The van der Waals surface area contributed by atoms with Gasteiger partial charge in [-0.3, -0.25) is 10.1 Å². The first-order valence-corrected chi connectivity index (χ1v) is 7.72. The summed E-state index contributed by atoms with van der Waals surface area (Å²) in [4.78, 5) is 13.0. The normalized spacial score (nSPS) is 28.6. The number of carbonyl (C=O) groups is 1. The van der Waals surface area contributed by atoms with Gasteiger partial charge in [0.2, 0.25) is 5.91 Å². The number of carbonyl (C=O) groups excluding carboxylic acids is 1. The van der Waals surface area contributed by atoms with Crippen LogP contribution < -0.4 is 5.32 Å². The highest BCUT2D eigenvalue weighted by molar-refractivity contribution is 5.84. The van der Waals surface area contributed by atoms with E-state index in [1.807, 2.05) is 30.3 Å². The highest BCUT2D eigenvalue weighted by Gasteiger charge is 2.41. The van der Waals surface area contributed by atoms with E-state index in [-0.39, 0.29) is 18.7 Å². The summed E-state index contributed by atoms with van der Waals surface area (Å²) in [6.07, 6.45) is -3.39. The first kappa shape index (κ1) is 16.3. The predicted molar refractivity (Wildman–Crippen MR) is 77.7 cm³/mol. The third-order valence-electron chi connectivity index (χ3n) is 4.30. The number of nitrogens with zero attached hydrogens (tertiary/aromatic N) is 1. The zero-order valence-electron chi connectivity index (χ0n) is 12.6. The van der Waals surface area contributed by atoms with Crippen LogP contribution in [0.5, 0.6) is 0 Å². The van der Waals surface area contributed by atoms with Crippen LogP contribution >= 0.6 is 0 Å². The molecular weight excluding hydrogens is 309 g/mol. The molecule has 2 saturated heterocycles. The lowest BCUT2D eigenvalue weighted by Gasteiger charge is -2.24. The van der Waals surface area contributed by atoms with Crippen LogP contribution in [0.1, 0.15) is 24.5 Å². The van der Waals surface area contributed by atoms with Crippen LogP contribution in [-0.2, 0) is 9.53 Å². The lowest BCUT2D eigenvalue weighted by Crippen LogP contribution is -2.46. The number of hydrogen-bond donors (Lipinski definition) is 1. The Bertz CT molecular complexity index is 550. The molecule has 2 fully saturated rings. The van der Waals surface area contributed by atoms with E-state index in [2.05, 4.69) is 5.32 Å². The van der Waals surface area contributed by atoms with Gasteiger partial charge in [0.05, 0.1) is 12.1 Å². The summed E-state index contributed by atoms with van der Waals surface area (Å²) in [5.41, 5.74) is 1.01. The van der Waals surface area contributed by atoms with Crippen LogP contribution in [-0.4, -0.2) is 48.8 Å². The van der Waals surface area contributed by atoms with Gasteiger partial charge in [-0.15, -0.1) is 0 Å². The summed E-state index contributed by atoms with van der Waals surface area (Å²) in [5.74, 6) is -0.471. The maximum Gasteiger partial charge on any atom is 0.406 e. The van der Waals surface area contributed by atoms with E-state index in [1.54, 1.807) is 0 Å². The molecule has 0 radical (unpaired) electrons. The number of amides is 1. The Morgan fingerprint density at radius 1 is 1.22 bits per heavy atom. The van der Waals surface area contributed by atoms with Crippen LogP contribution in [0.15, 0.2) is 30.3 Å². The molecule has 1 N–H and O–H groups in total. The second-order valence-electron chi connectivity index (χ2n) is 5.98. The Balaban J connectivity index is 1.62. The number of rotatable bonds is 4. The van der Waals surface area contributed by atoms with Crippen LogP contribution in [0.3, 0.4) is 0 Å². The van der Waals surface area contributed by atoms with E-state index in [4.69, 9.17) is 4.74 Å². The molecule has 2 heterocycles. The molecule has 126 valence electrons. The monoisotopic (exact) mass is 328 g/mol. The fourth-order valence-corrected chi connectivity index (χ4v) is 3.26. The molecule has 1 amide bonds. The maximum absolute atomic E-state index is 12.5. The first-order valence-electron chi connectivity index (χ1n) is 7.72. The summed E-state index contributed by atoms with van der Waals surface area (Å²) >= 11 is 0. The average molecular weight is 328 g/mol. The van der Waals surface area contributed by atoms with Crippen molar-refractivity contribution < 1.29 is 22.7 Å². The maximum atomic E-state index is 12.5. The molecule has 0 bridgehead atoms. The molecule has 3 rings (SSSR count). The number of nitrogens with one attached hydrogen (secondary N) is 1. The van der Waals surface area contributed by atoms with Gasteiger partial charge < -0.3 is 9.64 Å². The van der Waals surface area contributed by atoms with Gasteiger partial charge in [0.15, 0.2) is 0 Å². The standard InChI is InChI=1S/C16H19F3N2O2/c17-16(18,19)10-21-8-6-13(15(21)22)20-12-7-9-23-14(12)11-4-2-1-3-5-11/h1-5,12-14,20H,6-10H2. The Morgan fingerprint density at radius 3 is 2.65 bits per heavy atom. The molecule has 0 aliphatic carbocycles. The molecule has 2 aliphatic rings. The van der Waals surface area contributed by atoms with E-state index in [9.17, 15) is 18.0 Å². The van der Waals surface area contributed by atoms with Gasteiger partial charge in [0.1, 0.15) is 6.54 Å². The SMILES string of the molecule is O=C1C(NC2CCOC2c2ccccc2)CCN1CC(F)(F)F. The molecule has 4 nitrogen and oxygen atoms in total. The molecule has 0 saturated carbocycles. The van der Waals surface area contributed by atoms with Gasteiger partial charge in [0.25, 0.3) is 0 Å². The van der Waals surface area contributed by atoms with Crippen LogP contribution in [0, 0.1) is 0 Å². The van der Waals surface area contributed by atoms with Crippen molar-refractivity contribution in [3.63, 3.8) is 0 Å². The minimum absolute atomic E-state index is 0.0582. The third-order valence-corrected chi connectivity index (χ3v) is 4.30. The number of halogens is 3. The Morgan fingerprint density at radius 2 is 1.96 bits per heavy atom. The van der Waals surface area contributed by atoms with Crippen molar-refractivity contribution in [2.75, 3.05) is 19.7 Å². The van der Waals surface area contributed by atoms with Crippen LogP contribution in [0.25, 0.3) is 0 Å². The van der Waals surface area contributed by atoms with Crippen LogP contribution in [0.2, 0.25) is 0 Å². The third kappa shape index (κ3) is 3.84. The average Bonchev–Trinajstić information content (AvgIpc) is 3.09. The van der Waals surface area contributed by atoms with Crippen LogP contribution in [0.4, 0.5) is 13.2 Å². The quantitative estimate of drug-likeness (QED) is 0.922. The van der Waals surface area contributed by atoms with Gasteiger partial charge in [-0.25, -0.2) is 0 Å². The molecule has 23 heavy (non-hydrogen) atoms. The fraction of sp³-hybridized carbons (Fsp3) is 0.562. The van der Waals surface area contributed by atoms with Gasteiger partial charge in [-0.2, -0.15) is 13.2 Å². The second-order valence-corrected chi connectivity index (χ2v) is 5.98. The molecule has 7 heteroatoms. The highest BCUT2D eigenvalue weighted by Crippen LogP contribution is 2.30. The zero-order chi connectivity index (χ0) is 16.4. The van der Waals surface area contributed by atoms with Crippen molar-refractivity contribution in [3.8, 4) is 0 Å². The molecule has 0 spiro atoms. The van der Waals surface area contributed by atoms with Gasteiger partial charge >= 0.3 is 6.18 Å². The van der Waals surface area contributed by atoms with E-state index < -0.39 is 24.7 Å². The number of benzene rings is 1. The minimum atomic E-state index is -4.35. The molecule has 0 aromatic heterocycles. The minimum Gasteiger partial charge on any atom is -0.372 e. The summed E-state index contributed by atoms with van der Waals surface area (Å²) in [7, 11) is 0. The summed E-state index contributed by atoms with van der Waals surface area (Å²) in [6, 6.07) is 9.04. The second kappa shape index (κ2) is 6.49. The Labute approximate surface area is 132 Å². The smallest absolute Gasteiger partial charge is 0.372 e. The van der Waals surface area contributed by atoms with Crippen molar-refractivity contribution in [3.05, 3.63) is 35.9 Å². The predicted octanol–water partition coefficient (Wildman–Crippen LogP) is 2.27. The summed E-state index contributed by atoms with van der Waals surface area (Å²) < 4.78 is 43.1. The summed E-state index contributed by atoms with van der Waals surface area (Å²) in [6.45, 7) is -0.461. The van der Waals surface area contributed by atoms with Crippen molar-refractivity contribution >= 4 is 5.91 Å². The van der Waals surface area contributed by atoms with Gasteiger partial charge in [-0.05, 0) is 18.4 Å². The van der Waals surface area contributed by atoms with Crippen molar-refractivity contribution in [2.45, 2.75) is 37.2 Å². The molecule has 1 aromatic rings. The van der Waals surface area contributed by atoms with Gasteiger partial charge in [-0.1, -0.05) is 30.3 Å². The van der Waals surface area contributed by atoms with E-state index in [0.29, 0.717) is 13.0 Å². The van der Waals surface area contributed by atoms with Crippen molar-refractivity contribution in [1.29, 1.82) is 0 Å². The van der Waals surface area contributed by atoms with E-state index in [1.165, 1.54) is 0 Å². The van der Waals surface area contributed by atoms with Crippen molar-refractivity contribution in [2.24, 2.45) is 0 Å². The van der Waals surface area contributed by atoms with Crippen molar-refractivity contribution in [1.82, 2.24) is 10.2 Å². The largest absolute Gasteiger partial charge is 0.406 e. The number of hydrogen-bond acceptors (Lipinski definition) is 3. The number of likely N-dealkylation sites (tertiary alicyclic amines) is 1. The first-order chi connectivity index (χ1) is 10.9. The topological polar surface area (TPSA) is 41.6 Å². The number of alkyl halides is 3. The Kier molecular flexibility index (Phi) is 4.59. The van der Waals surface area contributed by atoms with E-state index >= 15 is 0 Å². The van der Waals surface area contributed by atoms with E-state index in [0.717, 1.165) is 16.9 Å². The lowest BCUT2D eigenvalue weighted by atomic mass is 10.0. The molecule has 2 aliphatic heterocycles. The fourth-order valence-electron chi connectivity index (χ4n) is 3.26. The highest BCUT2D eigenvalue weighted by atomic mass is 19.4.